The van der Waals surface area contributed by atoms with Crippen molar-refractivity contribution in [1.82, 2.24) is 5.43 Å². The summed E-state index contributed by atoms with van der Waals surface area (Å²) >= 11 is 5.85. The Morgan fingerprint density at radius 1 is 0.914 bits per heavy atom. The summed E-state index contributed by atoms with van der Waals surface area (Å²) in [5.41, 5.74) is 5.07. The topological polar surface area (TPSA) is 106 Å². The van der Waals surface area contributed by atoms with E-state index in [9.17, 15) is 14.4 Å². The molecule has 0 unspecified atom stereocenters. The molecule has 0 aliphatic carbocycles. The summed E-state index contributed by atoms with van der Waals surface area (Å²) in [6, 6.07) is 18.3. The highest BCUT2D eigenvalue weighted by molar-refractivity contribution is 6.39. The van der Waals surface area contributed by atoms with E-state index in [0.717, 1.165) is 5.56 Å². The molecule has 3 aromatic carbocycles. The van der Waals surface area contributed by atoms with E-state index in [4.69, 9.17) is 21.1 Å². The van der Waals surface area contributed by atoms with Gasteiger partial charge in [0.15, 0.2) is 11.5 Å². The first-order valence-electron chi connectivity index (χ1n) is 10.7. The number of ether oxygens (including phenoxy) is 2. The Morgan fingerprint density at radius 3 is 2.29 bits per heavy atom. The van der Waals surface area contributed by atoms with E-state index in [0.29, 0.717) is 39.7 Å². The van der Waals surface area contributed by atoms with Gasteiger partial charge in [0.2, 0.25) is 0 Å². The van der Waals surface area contributed by atoms with Crippen LogP contribution in [0.25, 0.3) is 0 Å². The van der Waals surface area contributed by atoms with Crippen LogP contribution in [0.4, 0.5) is 5.69 Å². The zero-order valence-electron chi connectivity index (χ0n) is 19.4. The fourth-order valence-electron chi connectivity index (χ4n) is 3.10. The van der Waals surface area contributed by atoms with Crippen LogP contribution >= 0.6 is 11.6 Å². The van der Waals surface area contributed by atoms with E-state index in [1.807, 2.05) is 19.1 Å². The second kappa shape index (κ2) is 11.8. The standard InChI is InChI=1S/C26H24ClN3O5/c1-4-17-7-5-6-8-21(17)28-24(31)25(32)30-29-16(2)19-11-14-22(23(15-19)34-3)35-26(33)18-9-12-20(27)13-10-18/h5-15H,4H2,1-3H3,(H,28,31)(H,30,32)/b29-16+. The molecule has 3 aromatic rings. The maximum absolute atomic E-state index is 12.4. The zero-order valence-corrected chi connectivity index (χ0v) is 20.2. The molecule has 180 valence electrons. The number of amides is 2. The number of para-hydroxylation sites is 1. The van der Waals surface area contributed by atoms with E-state index in [2.05, 4.69) is 15.8 Å². The number of anilines is 1. The van der Waals surface area contributed by atoms with Crippen molar-refractivity contribution in [1.29, 1.82) is 0 Å². The molecule has 0 fully saturated rings. The molecule has 2 amide bonds. The molecule has 0 heterocycles. The van der Waals surface area contributed by atoms with Crippen molar-refractivity contribution in [2.45, 2.75) is 20.3 Å². The molecule has 0 bridgehead atoms. The molecule has 0 saturated carbocycles. The molecule has 9 heteroatoms. The van der Waals surface area contributed by atoms with Crippen molar-refractivity contribution in [2.75, 3.05) is 12.4 Å². The second-order valence-electron chi connectivity index (χ2n) is 7.37. The molecule has 2 N–H and O–H groups in total. The average Bonchev–Trinajstić information content (AvgIpc) is 2.87. The maximum atomic E-state index is 12.4. The summed E-state index contributed by atoms with van der Waals surface area (Å²) in [6.45, 7) is 3.61. The number of hydrogen-bond donors (Lipinski definition) is 2. The Kier molecular flexibility index (Phi) is 8.58. The number of rotatable bonds is 7. The van der Waals surface area contributed by atoms with Gasteiger partial charge in [-0.05, 0) is 67.4 Å². The number of nitrogens with zero attached hydrogens (tertiary/aromatic N) is 1. The van der Waals surface area contributed by atoms with Crippen LogP contribution in [0, 0.1) is 0 Å². The highest BCUT2D eigenvalue weighted by Crippen LogP contribution is 2.29. The summed E-state index contributed by atoms with van der Waals surface area (Å²) in [7, 11) is 1.44. The molecule has 0 aromatic heterocycles. The van der Waals surface area contributed by atoms with Gasteiger partial charge >= 0.3 is 17.8 Å². The van der Waals surface area contributed by atoms with Gasteiger partial charge in [0.1, 0.15) is 0 Å². The van der Waals surface area contributed by atoms with Crippen molar-refractivity contribution in [3.05, 3.63) is 88.4 Å². The quantitative estimate of drug-likeness (QED) is 0.164. The summed E-state index contributed by atoms with van der Waals surface area (Å²) in [4.78, 5) is 36.9. The fraction of sp³-hybridized carbons (Fsp3) is 0.154. The Bertz CT molecular complexity index is 1270. The number of hydrogen-bond acceptors (Lipinski definition) is 6. The van der Waals surface area contributed by atoms with Crippen molar-refractivity contribution >= 4 is 40.8 Å². The van der Waals surface area contributed by atoms with Gasteiger partial charge in [-0.15, -0.1) is 0 Å². The van der Waals surface area contributed by atoms with Crippen LogP contribution in [0.5, 0.6) is 11.5 Å². The number of hydrazone groups is 1. The molecule has 8 nitrogen and oxygen atoms in total. The molecule has 0 aliphatic rings. The summed E-state index contributed by atoms with van der Waals surface area (Å²) in [5, 5.41) is 7.10. The first kappa shape index (κ1) is 25.5. The third kappa shape index (κ3) is 6.68. The Hall–Kier alpha value is -4.17. The van der Waals surface area contributed by atoms with Gasteiger partial charge in [-0.25, -0.2) is 10.2 Å². The molecule has 35 heavy (non-hydrogen) atoms. The first-order chi connectivity index (χ1) is 16.8. The molecular formula is C26H24ClN3O5. The average molecular weight is 494 g/mol. The number of methoxy groups -OCH3 is 1. The molecule has 3 rings (SSSR count). The van der Waals surface area contributed by atoms with E-state index < -0.39 is 17.8 Å². The highest BCUT2D eigenvalue weighted by atomic mass is 35.5. The number of halogens is 1. The minimum Gasteiger partial charge on any atom is -0.493 e. The van der Waals surface area contributed by atoms with Crippen LogP contribution in [0.15, 0.2) is 71.8 Å². The predicted molar refractivity (Wildman–Crippen MR) is 134 cm³/mol. The largest absolute Gasteiger partial charge is 0.493 e. The Balaban J connectivity index is 1.67. The maximum Gasteiger partial charge on any atom is 0.343 e. The number of aryl methyl sites for hydroxylation is 1. The summed E-state index contributed by atoms with van der Waals surface area (Å²) < 4.78 is 10.8. The smallest absolute Gasteiger partial charge is 0.343 e. The number of carbonyl (C=O) groups excluding carboxylic acids is 3. The summed E-state index contributed by atoms with van der Waals surface area (Å²) in [5.74, 6) is -1.80. The molecule has 0 aliphatic heterocycles. The Labute approximate surface area is 207 Å². The van der Waals surface area contributed by atoms with Gasteiger partial charge in [0.05, 0.1) is 18.4 Å². The number of carbonyl (C=O) groups is 3. The van der Waals surface area contributed by atoms with Gasteiger partial charge in [-0.2, -0.15) is 5.10 Å². The lowest BCUT2D eigenvalue weighted by Gasteiger charge is -2.11. The SMILES string of the molecule is CCc1ccccc1NC(=O)C(=O)N/N=C(\C)c1ccc(OC(=O)c2ccc(Cl)cc2)c(OC)c1. The molecule has 0 spiro atoms. The first-order valence-corrected chi connectivity index (χ1v) is 11.1. The van der Waals surface area contributed by atoms with Gasteiger partial charge < -0.3 is 14.8 Å². The molecule has 0 radical (unpaired) electrons. The van der Waals surface area contributed by atoms with E-state index in [1.165, 1.54) is 7.11 Å². The number of esters is 1. The lowest BCUT2D eigenvalue weighted by Crippen LogP contribution is -2.33. The zero-order chi connectivity index (χ0) is 25.4. The van der Waals surface area contributed by atoms with E-state index >= 15 is 0 Å². The number of nitrogens with one attached hydrogen (secondary N) is 2. The molecular weight excluding hydrogens is 470 g/mol. The van der Waals surface area contributed by atoms with Gasteiger partial charge in [0.25, 0.3) is 0 Å². The van der Waals surface area contributed by atoms with Crippen molar-refractivity contribution in [3.8, 4) is 11.5 Å². The van der Waals surface area contributed by atoms with Crippen molar-refractivity contribution in [3.63, 3.8) is 0 Å². The van der Waals surface area contributed by atoms with Crippen molar-refractivity contribution < 1.29 is 23.9 Å². The van der Waals surface area contributed by atoms with Crippen LogP contribution in [-0.4, -0.2) is 30.6 Å². The van der Waals surface area contributed by atoms with Crippen LogP contribution in [0.3, 0.4) is 0 Å². The van der Waals surface area contributed by atoms with E-state index in [1.54, 1.807) is 61.5 Å². The van der Waals surface area contributed by atoms with Crippen LogP contribution in [-0.2, 0) is 16.0 Å². The van der Waals surface area contributed by atoms with Gasteiger partial charge in [0, 0.05) is 16.3 Å². The molecule has 0 saturated heterocycles. The normalized spacial score (nSPS) is 10.9. The third-order valence-electron chi connectivity index (χ3n) is 5.04. The lowest BCUT2D eigenvalue weighted by atomic mass is 10.1. The van der Waals surface area contributed by atoms with Crippen LogP contribution in [0.1, 0.15) is 35.3 Å². The number of benzene rings is 3. The van der Waals surface area contributed by atoms with Gasteiger partial charge in [-0.1, -0.05) is 36.7 Å². The molecule has 0 atom stereocenters. The second-order valence-corrected chi connectivity index (χ2v) is 7.80. The predicted octanol–water partition coefficient (Wildman–Crippen LogP) is 4.61. The highest BCUT2D eigenvalue weighted by Gasteiger charge is 2.16. The monoisotopic (exact) mass is 493 g/mol. The minimum atomic E-state index is -0.907. The minimum absolute atomic E-state index is 0.210. The van der Waals surface area contributed by atoms with Crippen LogP contribution < -0.4 is 20.2 Å². The van der Waals surface area contributed by atoms with Crippen molar-refractivity contribution in [2.24, 2.45) is 5.10 Å². The Morgan fingerprint density at radius 2 is 1.60 bits per heavy atom. The lowest BCUT2D eigenvalue weighted by molar-refractivity contribution is -0.136. The fourth-order valence-corrected chi connectivity index (χ4v) is 3.23. The van der Waals surface area contributed by atoms with Crippen LogP contribution in [0.2, 0.25) is 5.02 Å². The third-order valence-corrected chi connectivity index (χ3v) is 5.29. The van der Waals surface area contributed by atoms with Gasteiger partial charge in [-0.3, -0.25) is 9.59 Å². The summed E-state index contributed by atoms with van der Waals surface area (Å²) in [6.07, 6.45) is 0.710. The van der Waals surface area contributed by atoms with E-state index in [-0.39, 0.29) is 5.75 Å².